The van der Waals surface area contributed by atoms with E-state index >= 15 is 0 Å². The predicted molar refractivity (Wildman–Crippen MR) is 74.3 cm³/mol. The minimum Gasteiger partial charge on any atom is -0.398 e. The van der Waals surface area contributed by atoms with Gasteiger partial charge in [0.25, 0.3) is 0 Å². The molecule has 1 fully saturated rings. The van der Waals surface area contributed by atoms with E-state index in [4.69, 9.17) is 5.73 Å². The van der Waals surface area contributed by atoms with Gasteiger partial charge in [0.2, 0.25) is 10.0 Å². The summed E-state index contributed by atoms with van der Waals surface area (Å²) in [6.07, 6.45) is 1.49. The van der Waals surface area contributed by atoms with Crippen molar-refractivity contribution in [2.75, 3.05) is 18.9 Å². The van der Waals surface area contributed by atoms with E-state index in [1.165, 1.54) is 10.4 Å². The average Bonchev–Trinajstić information content (AvgIpc) is 2.84. The van der Waals surface area contributed by atoms with Gasteiger partial charge < -0.3 is 10.8 Å². The van der Waals surface area contributed by atoms with Crippen LogP contribution in [0.5, 0.6) is 0 Å². The molecule has 3 N–H and O–H groups in total. The lowest BCUT2D eigenvalue weighted by Gasteiger charge is -2.23. The topological polar surface area (TPSA) is 83.6 Å². The molecule has 19 heavy (non-hydrogen) atoms. The molecule has 5 nitrogen and oxygen atoms in total. The van der Waals surface area contributed by atoms with Gasteiger partial charge in [0.15, 0.2) is 0 Å². The summed E-state index contributed by atoms with van der Waals surface area (Å²) < 4.78 is 26.5. The SMILES string of the molecule is Cc1cc(S(=O)(=O)N2CCCC2CO)cc(N)c1C. The smallest absolute Gasteiger partial charge is 0.243 e. The number of benzene rings is 1. The van der Waals surface area contributed by atoms with Gasteiger partial charge in [0.1, 0.15) is 0 Å². The van der Waals surface area contributed by atoms with Gasteiger partial charge in [-0.15, -0.1) is 0 Å². The Morgan fingerprint density at radius 2 is 2.11 bits per heavy atom. The van der Waals surface area contributed by atoms with Crippen molar-refractivity contribution in [2.24, 2.45) is 0 Å². The third kappa shape index (κ3) is 2.48. The van der Waals surface area contributed by atoms with E-state index in [0.29, 0.717) is 18.7 Å². The summed E-state index contributed by atoms with van der Waals surface area (Å²) in [4.78, 5) is 0.216. The van der Waals surface area contributed by atoms with Crippen molar-refractivity contribution in [3.63, 3.8) is 0 Å². The van der Waals surface area contributed by atoms with Crippen LogP contribution >= 0.6 is 0 Å². The molecule has 0 bridgehead atoms. The molecule has 1 aliphatic rings. The fourth-order valence-corrected chi connectivity index (χ4v) is 4.25. The molecular weight excluding hydrogens is 264 g/mol. The number of nitrogens with zero attached hydrogens (tertiary/aromatic N) is 1. The fraction of sp³-hybridized carbons (Fsp3) is 0.538. The van der Waals surface area contributed by atoms with Crippen molar-refractivity contribution in [3.05, 3.63) is 23.3 Å². The van der Waals surface area contributed by atoms with Crippen LogP contribution in [0, 0.1) is 13.8 Å². The van der Waals surface area contributed by atoms with E-state index in [9.17, 15) is 13.5 Å². The molecule has 1 atom stereocenters. The van der Waals surface area contributed by atoms with Crippen molar-refractivity contribution in [3.8, 4) is 0 Å². The van der Waals surface area contributed by atoms with Gasteiger partial charge >= 0.3 is 0 Å². The van der Waals surface area contributed by atoms with E-state index in [1.807, 2.05) is 13.8 Å². The van der Waals surface area contributed by atoms with Crippen LogP contribution in [0.1, 0.15) is 24.0 Å². The molecule has 0 spiro atoms. The first-order chi connectivity index (χ1) is 8.87. The summed E-state index contributed by atoms with van der Waals surface area (Å²) in [5.41, 5.74) is 8.10. The fourth-order valence-electron chi connectivity index (χ4n) is 2.44. The summed E-state index contributed by atoms with van der Waals surface area (Å²) in [6, 6.07) is 2.84. The molecule has 1 heterocycles. The van der Waals surface area contributed by atoms with Gasteiger partial charge in [-0.25, -0.2) is 8.42 Å². The Hall–Kier alpha value is -1.11. The van der Waals surface area contributed by atoms with Crippen molar-refractivity contribution >= 4 is 15.7 Å². The highest BCUT2D eigenvalue weighted by Gasteiger charge is 2.35. The summed E-state index contributed by atoms with van der Waals surface area (Å²) >= 11 is 0. The first-order valence-corrected chi connectivity index (χ1v) is 7.81. The standard InChI is InChI=1S/C13H20N2O3S/c1-9-6-12(7-13(14)10(9)2)19(17,18)15-5-3-4-11(15)8-16/h6-7,11,16H,3-5,8,14H2,1-2H3. The normalized spacial score (nSPS) is 20.9. The van der Waals surface area contributed by atoms with Crippen LogP contribution in [-0.2, 0) is 10.0 Å². The number of nitrogen functional groups attached to an aromatic ring is 1. The molecule has 106 valence electrons. The molecule has 1 unspecified atom stereocenters. The van der Waals surface area contributed by atoms with Crippen LogP contribution < -0.4 is 5.73 Å². The van der Waals surface area contributed by atoms with E-state index in [2.05, 4.69) is 0 Å². The monoisotopic (exact) mass is 284 g/mol. The van der Waals surface area contributed by atoms with Crippen LogP contribution in [0.2, 0.25) is 0 Å². The minimum absolute atomic E-state index is 0.139. The Kier molecular flexibility index (Phi) is 3.85. The van der Waals surface area contributed by atoms with Gasteiger partial charge in [-0.2, -0.15) is 4.31 Å². The first-order valence-electron chi connectivity index (χ1n) is 6.37. The Morgan fingerprint density at radius 1 is 1.42 bits per heavy atom. The van der Waals surface area contributed by atoms with E-state index in [0.717, 1.165) is 17.5 Å². The highest BCUT2D eigenvalue weighted by molar-refractivity contribution is 7.89. The third-order valence-electron chi connectivity index (χ3n) is 3.82. The van der Waals surface area contributed by atoms with Crippen LogP contribution in [0.15, 0.2) is 17.0 Å². The number of sulfonamides is 1. The maximum Gasteiger partial charge on any atom is 0.243 e. The average molecular weight is 284 g/mol. The lowest BCUT2D eigenvalue weighted by atomic mass is 10.1. The second-order valence-electron chi connectivity index (χ2n) is 5.05. The van der Waals surface area contributed by atoms with E-state index in [-0.39, 0.29) is 17.5 Å². The predicted octanol–water partition coefficient (Wildman–Crippen LogP) is 1.03. The number of hydrogen-bond acceptors (Lipinski definition) is 4. The summed E-state index contributed by atoms with van der Waals surface area (Å²) in [7, 11) is -3.57. The number of aryl methyl sites for hydroxylation is 1. The van der Waals surface area contributed by atoms with E-state index < -0.39 is 10.0 Å². The Labute approximate surface area is 114 Å². The van der Waals surface area contributed by atoms with Crippen LogP contribution in [-0.4, -0.2) is 37.0 Å². The van der Waals surface area contributed by atoms with Crippen molar-refractivity contribution in [1.82, 2.24) is 4.31 Å². The third-order valence-corrected chi connectivity index (χ3v) is 5.75. The quantitative estimate of drug-likeness (QED) is 0.812. The molecule has 1 aromatic carbocycles. The number of hydrogen-bond donors (Lipinski definition) is 2. The lowest BCUT2D eigenvalue weighted by Crippen LogP contribution is -2.37. The van der Waals surface area contributed by atoms with Gasteiger partial charge in [-0.05, 0) is 49.9 Å². The highest BCUT2D eigenvalue weighted by Crippen LogP contribution is 2.28. The lowest BCUT2D eigenvalue weighted by molar-refractivity contribution is 0.213. The van der Waals surface area contributed by atoms with Gasteiger partial charge in [0, 0.05) is 18.3 Å². The zero-order valence-corrected chi connectivity index (χ0v) is 12.1. The molecule has 0 radical (unpaired) electrons. The Morgan fingerprint density at radius 3 is 2.68 bits per heavy atom. The van der Waals surface area contributed by atoms with Gasteiger partial charge in [-0.3, -0.25) is 0 Å². The zero-order chi connectivity index (χ0) is 14.2. The van der Waals surface area contributed by atoms with Crippen molar-refractivity contribution in [1.29, 1.82) is 0 Å². The number of rotatable bonds is 3. The molecule has 0 aliphatic carbocycles. The molecule has 2 rings (SSSR count). The molecule has 1 aliphatic heterocycles. The second-order valence-corrected chi connectivity index (χ2v) is 6.94. The number of aliphatic hydroxyl groups excluding tert-OH is 1. The molecule has 0 amide bonds. The maximum absolute atomic E-state index is 12.6. The number of anilines is 1. The van der Waals surface area contributed by atoms with Crippen molar-refractivity contribution < 1.29 is 13.5 Å². The van der Waals surface area contributed by atoms with Crippen molar-refractivity contribution in [2.45, 2.75) is 37.6 Å². The highest BCUT2D eigenvalue weighted by atomic mass is 32.2. The van der Waals surface area contributed by atoms with Gasteiger partial charge in [0.05, 0.1) is 11.5 Å². The summed E-state index contributed by atoms with van der Waals surface area (Å²) in [6.45, 7) is 4.03. The molecule has 6 heteroatoms. The largest absolute Gasteiger partial charge is 0.398 e. The molecule has 0 aromatic heterocycles. The zero-order valence-electron chi connectivity index (χ0n) is 11.3. The van der Waals surface area contributed by atoms with Gasteiger partial charge in [-0.1, -0.05) is 0 Å². The summed E-state index contributed by atoms with van der Waals surface area (Å²) in [5, 5.41) is 9.27. The molecule has 1 saturated heterocycles. The number of aliphatic hydroxyl groups is 1. The maximum atomic E-state index is 12.6. The molecule has 1 aromatic rings. The van der Waals surface area contributed by atoms with Crippen LogP contribution in [0.25, 0.3) is 0 Å². The Balaban J connectivity index is 2.45. The number of nitrogens with two attached hydrogens (primary N) is 1. The second kappa shape index (κ2) is 5.11. The summed E-state index contributed by atoms with van der Waals surface area (Å²) in [5.74, 6) is 0. The van der Waals surface area contributed by atoms with Crippen LogP contribution in [0.4, 0.5) is 5.69 Å². The Bertz CT molecular complexity index is 561. The van der Waals surface area contributed by atoms with Crippen LogP contribution in [0.3, 0.4) is 0 Å². The molecule has 0 saturated carbocycles. The van der Waals surface area contributed by atoms with E-state index in [1.54, 1.807) is 6.07 Å². The molecular formula is C13H20N2O3S. The minimum atomic E-state index is -3.57. The first kappa shape index (κ1) is 14.3.